The molecule has 40 heavy (non-hydrogen) atoms. The maximum atomic E-state index is 14.5. The average molecular weight is 557 g/mol. The molecule has 0 saturated carbocycles. The lowest BCUT2D eigenvalue weighted by molar-refractivity contribution is -0.138. The number of rotatable bonds is 18. The van der Waals surface area contributed by atoms with Gasteiger partial charge in [-0.2, -0.15) is 5.10 Å². The first-order valence-electron chi connectivity index (χ1n) is 13.7. The highest BCUT2D eigenvalue weighted by molar-refractivity contribution is 5.77. The summed E-state index contributed by atoms with van der Waals surface area (Å²) in [6.45, 7) is 7.51. The van der Waals surface area contributed by atoms with Crippen LogP contribution in [0.4, 0.5) is 21.8 Å². The predicted octanol–water partition coefficient (Wildman–Crippen LogP) is 3.75. The molecule has 1 aliphatic heterocycles. The number of hydrazone groups is 1. The van der Waals surface area contributed by atoms with Gasteiger partial charge in [0.2, 0.25) is 0 Å². The third kappa shape index (κ3) is 9.83. The minimum atomic E-state index is -1.16. The molecule has 12 heteroatoms. The fraction of sp³-hybridized carbons (Fsp3) is 0.536. The second kappa shape index (κ2) is 16.5. The predicted molar refractivity (Wildman–Crippen MR) is 156 cm³/mol. The van der Waals surface area contributed by atoms with E-state index in [1.807, 2.05) is 11.8 Å². The van der Waals surface area contributed by atoms with Crippen LogP contribution in [0.3, 0.4) is 0 Å². The summed E-state index contributed by atoms with van der Waals surface area (Å²) in [5, 5.41) is 21.5. The Labute approximate surface area is 235 Å². The zero-order valence-corrected chi connectivity index (χ0v) is 23.4. The molecule has 2 aromatic heterocycles. The Hall–Kier alpha value is -3.64. The first kappa shape index (κ1) is 30.9. The molecule has 1 unspecified atom stereocenters. The van der Waals surface area contributed by atoms with Crippen molar-refractivity contribution >= 4 is 30.1 Å². The summed E-state index contributed by atoms with van der Waals surface area (Å²) in [5.74, 6) is 0.758. The Kier molecular flexibility index (Phi) is 12.7. The Balaban J connectivity index is 1.56. The number of allylic oxidation sites excluding steroid dienone is 1. The van der Waals surface area contributed by atoms with E-state index in [-0.39, 0.29) is 19.6 Å². The van der Waals surface area contributed by atoms with Crippen LogP contribution in [0.15, 0.2) is 41.9 Å². The number of pyridine rings is 1. The number of carboxylic acids is 1. The van der Waals surface area contributed by atoms with Gasteiger partial charge < -0.3 is 25.4 Å². The molecule has 0 aliphatic carbocycles. The molecule has 2 atom stereocenters. The van der Waals surface area contributed by atoms with Gasteiger partial charge in [0, 0.05) is 51.4 Å². The van der Waals surface area contributed by atoms with Gasteiger partial charge in [-0.3, -0.25) is 0 Å². The first-order valence-corrected chi connectivity index (χ1v) is 13.7. The van der Waals surface area contributed by atoms with Gasteiger partial charge in [-0.15, -0.1) is 0 Å². The lowest BCUT2D eigenvalue weighted by Gasteiger charge is -2.26. The van der Waals surface area contributed by atoms with Gasteiger partial charge in [0.25, 0.3) is 0 Å². The highest BCUT2D eigenvalue weighted by Gasteiger charge is 2.21. The van der Waals surface area contributed by atoms with Gasteiger partial charge >= 0.3 is 5.97 Å². The molecule has 0 aromatic carbocycles. The zero-order chi connectivity index (χ0) is 28.7. The number of alkyl halides is 1. The van der Waals surface area contributed by atoms with E-state index in [1.165, 1.54) is 24.0 Å². The van der Waals surface area contributed by atoms with Crippen molar-refractivity contribution in [1.82, 2.24) is 19.9 Å². The van der Waals surface area contributed by atoms with Gasteiger partial charge in [-0.25, -0.2) is 29.1 Å². The van der Waals surface area contributed by atoms with Crippen LogP contribution in [0.2, 0.25) is 0 Å². The van der Waals surface area contributed by atoms with Crippen molar-refractivity contribution in [3.63, 3.8) is 0 Å². The third-order valence-corrected chi connectivity index (χ3v) is 6.60. The minimum Gasteiger partial charge on any atom is -0.480 e. The number of carboxylic acid groups (broad SMARTS) is 1. The van der Waals surface area contributed by atoms with Crippen LogP contribution >= 0.6 is 0 Å². The Morgan fingerprint density at radius 1 is 1.35 bits per heavy atom. The van der Waals surface area contributed by atoms with E-state index in [1.54, 1.807) is 18.3 Å². The summed E-state index contributed by atoms with van der Waals surface area (Å²) in [4.78, 5) is 27.1. The molecule has 11 nitrogen and oxygen atoms in total. The number of nitrogens with zero attached hydrogens (tertiary/aromatic N) is 6. The molecule has 218 valence electrons. The minimum absolute atomic E-state index is 0.00703. The Morgan fingerprint density at radius 2 is 2.20 bits per heavy atom. The van der Waals surface area contributed by atoms with Crippen LogP contribution in [0.25, 0.3) is 0 Å². The van der Waals surface area contributed by atoms with Crippen LogP contribution in [-0.2, 0) is 22.4 Å². The van der Waals surface area contributed by atoms with Crippen LogP contribution in [-0.4, -0.2) is 89.8 Å². The van der Waals surface area contributed by atoms with Crippen molar-refractivity contribution in [2.75, 3.05) is 55.5 Å². The van der Waals surface area contributed by atoms with Gasteiger partial charge in [0.15, 0.2) is 5.82 Å². The van der Waals surface area contributed by atoms with Gasteiger partial charge in [-0.1, -0.05) is 12.1 Å². The Bertz CT molecular complexity index is 1120. The standard InChI is InChI=1S/C28H41FN8O3/c1-4-14-37(30-2)26-17-25(32-20-33-26)35-24(28(38)39)12-16-36(18-22(29)19-40-3)15-6-5-9-23-11-10-21-8-7-13-31-27(21)34-23/h4,10-11,14,17,20,22,24H,2,5-9,12-13,15-16,18-19H2,1,3H3,(H,31,34)(H,38,39)(H,32,33,35)/b14-4-/t22-,24?/m0/s1. The van der Waals surface area contributed by atoms with Crippen molar-refractivity contribution in [3.8, 4) is 0 Å². The molecular formula is C28H41FN8O3. The molecule has 3 N–H and O–H groups in total. The highest BCUT2D eigenvalue weighted by Crippen LogP contribution is 2.21. The van der Waals surface area contributed by atoms with Crippen molar-refractivity contribution in [2.24, 2.45) is 5.10 Å². The van der Waals surface area contributed by atoms with Crippen LogP contribution in [0, 0.1) is 0 Å². The molecule has 1 aliphatic rings. The summed E-state index contributed by atoms with van der Waals surface area (Å²) in [6, 6.07) is 4.91. The maximum absolute atomic E-state index is 14.5. The average Bonchev–Trinajstić information content (AvgIpc) is 2.96. The fourth-order valence-electron chi connectivity index (χ4n) is 4.59. The number of aryl methyl sites for hydroxylation is 2. The molecule has 0 bridgehead atoms. The number of methoxy groups -OCH3 is 1. The highest BCUT2D eigenvalue weighted by atomic mass is 19.1. The topological polar surface area (TPSA) is 128 Å². The lowest BCUT2D eigenvalue weighted by Crippen LogP contribution is -2.38. The van der Waals surface area contributed by atoms with Crippen molar-refractivity contribution in [3.05, 3.63) is 48.1 Å². The molecule has 0 amide bonds. The molecule has 0 radical (unpaired) electrons. The number of nitrogens with one attached hydrogen (secondary N) is 2. The normalized spacial score (nSPS) is 14.4. The summed E-state index contributed by atoms with van der Waals surface area (Å²) in [7, 11) is 1.47. The molecule has 0 fully saturated rings. The number of aromatic nitrogens is 3. The second-order valence-electron chi connectivity index (χ2n) is 9.70. The van der Waals surface area contributed by atoms with E-state index in [4.69, 9.17) is 9.72 Å². The fourth-order valence-corrected chi connectivity index (χ4v) is 4.59. The quantitative estimate of drug-likeness (QED) is 0.142. The monoisotopic (exact) mass is 556 g/mol. The number of fused-ring (bicyclic) bond motifs is 1. The summed E-state index contributed by atoms with van der Waals surface area (Å²) >= 11 is 0. The molecular weight excluding hydrogens is 515 g/mol. The number of unbranched alkanes of at least 4 members (excludes halogenated alkanes) is 1. The van der Waals surface area contributed by atoms with E-state index in [2.05, 4.69) is 44.6 Å². The van der Waals surface area contributed by atoms with Crippen molar-refractivity contribution in [2.45, 2.75) is 57.7 Å². The van der Waals surface area contributed by atoms with Crippen LogP contribution < -0.4 is 15.6 Å². The number of halogens is 1. The molecule has 0 saturated heterocycles. The summed E-state index contributed by atoms with van der Waals surface area (Å²) in [6.07, 6.45) is 8.63. The number of ether oxygens (including phenoxy) is 1. The summed E-state index contributed by atoms with van der Waals surface area (Å²) in [5.41, 5.74) is 2.31. The number of hydrogen-bond donors (Lipinski definition) is 3. The second-order valence-corrected chi connectivity index (χ2v) is 9.70. The molecule has 2 aromatic rings. The first-order chi connectivity index (χ1) is 19.4. The third-order valence-electron chi connectivity index (χ3n) is 6.60. The SMILES string of the molecule is C=NN(/C=C\C)c1cc(NC(CCN(CCCCc2ccc3c(n2)NCCC3)C[C@H](F)COC)C(=O)O)ncn1. The van der Waals surface area contributed by atoms with E-state index in [0.717, 1.165) is 50.2 Å². The van der Waals surface area contributed by atoms with Crippen LogP contribution in [0.5, 0.6) is 0 Å². The van der Waals surface area contributed by atoms with Gasteiger partial charge in [-0.05, 0) is 63.6 Å². The van der Waals surface area contributed by atoms with E-state index in [0.29, 0.717) is 24.7 Å². The maximum Gasteiger partial charge on any atom is 0.326 e. The molecule has 0 spiro atoms. The largest absolute Gasteiger partial charge is 0.480 e. The van der Waals surface area contributed by atoms with Crippen LogP contribution in [0.1, 0.15) is 43.9 Å². The van der Waals surface area contributed by atoms with Gasteiger partial charge in [0.1, 0.15) is 30.2 Å². The Morgan fingerprint density at radius 3 is 2.95 bits per heavy atom. The number of anilines is 3. The number of aliphatic carboxylic acids is 1. The molecule has 3 rings (SSSR count). The van der Waals surface area contributed by atoms with E-state index >= 15 is 0 Å². The zero-order valence-electron chi connectivity index (χ0n) is 23.4. The smallest absolute Gasteiger partial charge is 0.326 e. The van der Waals surface area contributed by atoms with E-state index < -0.39 is 18.2 Å². The van der Waals surface area contributed by atoms with Gasteiger partial charge in [0.05, 0.1) is 6.61 Å². The summed E-state index contributed by atoms with van der Waals surface area (Å²) < 4.78 is 19.5. The number of carbonyl (C=O) groups is 1. The van der Waals surface area contributed by atoms with E-state index in [9.17, 15) is 14.3 Å². The van der Waals surface area contributed by atoms with Crippen molar-refractivity contribution < 1.29 is 19.0 Å². The molecule has 3 heterocycles. The lowest BCUT2D eigenvalue weighted by atomic mass is 10.1. The number of hydrogen-bond acceptors (Lipinski definition) is 10. The van der Waals surface area contributed by atoms with Crippen molar-refractivity contribution in [1.29, 1.82) is 0 Å².